The molecule has 0 heterocycles. The van der Waals surface area contributed by atoms with E-state index in [1.54, 1.807) is 27.7 Å². The van der Waals surface area contributed by atoms with Crippen LogP contribution in [0.15, 0.2) is 30.3 Å². The van der Waals surface area contributed by atoms with Crippen LogP contribution in [0.3, 0.4) is 0 Å². The second-order valence-corrected chi connectivity index (χ2v) is 6.88. The third-order valence-electron chi connectivity index (χ3n) is 3.94. The normalized spacial score (nSPS) is 15.6. The number of ketones is 1. The van der Waals surface area contributed by atoms with E-state index in [1.165, 1.54) is 18.2 Å². The van der Waals surface area contributed by atoms with Crippen molar-refractivity contribution in [2.45, 2.75) is 52.0 Å². The monoisotopic (exact) mass is 374 g/mol. The van der Waals surface area contributed by atoms with Gasteiger partial charge in [0.25, 0.3) is 5.60 Å². The summed E-state index contributed by atoms with van der Waals surface area (Å²) < 4.78 is 51.4. The quantitative estimate of drug-likeness (QED) is 0.638. The number of methoxy groups -OCH3 is 1. The minimum absolute atomic E-state index is 0.00799. The lowest BCUT2D eigenvalue weighted by Crippen LogP contribution is -2.53. The fourth-order valence-electron chi connectivity index (χ4n) is 2.68. The van der Waals surface area contributed by atoms with Crippen molar-refractivity contribution in [1.29, 1.82) is 0 Å². The van der Waals surface area contributed by atoms with Crippen molar-refractivity contribution in [1.82, 2.24) is 0 Å². The lowest BCUT2D eigenvalue weighted by Gasteiger charge is -2.34. The Morgan fingerprint density at radius 1 is 1.04 bits per heavy atom. The molecule has 0 aliphatic rings. The molecular weight excluding hydrogens is 349 g/mol. The number of benzene rings is 1. The Kier molecular flexibility index (Phi) is 7.38. The first kappa shape index (κ1) is 22.2. The van der Waals surface area contributed by atoms with Crippen LogP contribution >= 0.6 is 0 Å². The third-order valence-corrected chi connectivity index (χ3v) is 3.94. The van der Waals surface area contributed by atoms with Crippen LogP contribution in [-0.4, -0.2) is 31.1 Å². The Morgan fingerprint density at radius 2 is 1.58 bits per heavy atom. The Morgan fingerprint density at radius 3 is 1.96 bits per heavy atom. The first-order valence-corrected chi connectivity index (χ1v) is 8.38. The zero-order valence-electron chi connectivity index (χ0n) is 15.6. The van der Waals surface area contributed by atoms with E-state index >= 15 is 0 Å². The fraction of sp³-hybridized carbons (Fsp3) is 0.579. The molecule has 7 heteroatoms. The second-order valence-electron chi connectivity index (χ2n) is 6.88. The molecule has 146 valence electrons. The number of hydrogen-bond acceptors (Lipinski definition) is 4. The summed E-state index contributed by atoms with van der Waals surface area (Å²) in [6.07, 6.45) is -6.23. The standard InChI is InChI=1S/C19H25F3O4/c1-12(2)11-15(23)16(13(3)4)26-17(24)18(25-5,19(20,21)22)14-9-7-6-8-10-14/h6-10,12-13,16H,11H2,1-5H3/t16-,18?/m0/s1. The average molecular weight is 374 g/mol. The number of carbonyl (C=O) groups excluding carboxylic acids is 2. The van der Waals surface area contributed by atoms with Gasteiger partial charge in [-0.15, -0.1) is 0 Å². The number of rotatable bonds is 8. The van der Waals surface area contributed by atoms with E-state index in [-0.39, 0.29) is 12.3 Å². The highest BCUT2D eigenvalue weighted by Gasteiger charge is 2.64. The van der Waals surface area contributed by atoms with Gasteiger partial charge in [-0.05, 0) is 11.8 Å². The molecule has 26 heavy (non-hydrogen) atoms. The Labute approximate surface area is 151 Å². The molecule has 0 radical (unpaired) electrons. The highest BCUT2D eigenvalue weighted by Crippen LogP contribution is 2.43. The van der Waals surface area contributed by atoms with Gasteiger partial charge in [0.1, 0.15) is 0 Å². The van der Waals surface area contributed by atoms with Gasteiger partial charge >= 0.3 is 12.1 Å². The van der Waals surface area contributed by atoms with Crippen molar-refractivity contribution < 1.29 is 32.2 Å². The number of hydrogen-bond donors (Lipinski definition) is 0. The summed E-state index contributed by atoms with van der Waals surface area (Å²) in [4.78, 5) is 25.0. The van der Waals surface area contributed by atoms with E-state index in [0.29, 0.717) is 0 Å². The lowest BCUT2D eigenvalue weighted by atomic mass is 9.91. The van der Waals surface area contributed by atoms with E-state index in [0.717, 1.165) is 19.2 Å². The van der Waals surface area contributed by atoms with Crippen LogP contribution in [-0.2, 0) is 24.7 Å². The fourth-order valence-corrected chi connectivity index (χ4v) is 2.68. The highest BCUT2D eigenvalue weighted by atomic mass is 19.4. The zero-order chi connectivity index (χ0) is 20.1. The van der Waals surface area contributed by atoms with Gasteiger partial charge in [0, 0.05) is 19.1 Å². The Balaban J connectivity index is 3.30. The first-order chi connectivity index (χ1) is 12.0. The SMILES string of the molecule is COC(C(=O)O[C@H](C(=O)CC(C)C)C(C)C)(c1ccccc1)C(F)(F)F. The minimum atomic E-state index is -5.07. The van der Waals surface area contributed by atoms with Gasteiger partial charge in [-0.25, -0.2) is 4.79 Å². The highest BCUT2D eigenvalue weighted by molar-refractivity contribution is 5.89. The Bertz CT molecular complexity index is 611. The van der Waals surface area contributed by atoms with Crippen LogP contribution in [0.5, 0.6) is 0 Å². The van der Waals surface area contributed by atoms with Crippen molar-refractivity contribution in [2.24, 2.45) is 11.8 Å². The van der Waals surface area contributed by atoms with E-state index in [4.69, 9.17) is 4.74 Å². The summed E-state index contributed by atoms with van der Waals surface area (Å²) in [5.41, 5.74) is -3.70. The van der Waals surface area contributed by atoms with E-state index in [9.17, 15) is 22.8 Å². The van der Waals surface area contributed by atoms with Gasteiger partial charge < -0.3 is 9.47 Å². The van der Waals surface area contributed by atoms with Gasteiger partial charge in [0.15, 0.2) is 11.9 Å². The van der Waals surface area contributed by atoms with Crippen molar-refractivity contribution in [2.75, 3.05) is 7.11 Å². The van der Waals surface area contributed by atoms with Crippen LogP contribution in [0.1, 0.15) is 39.7 Å². The molecule has 4 nitrogen and oxygen atoms in total. The van der Waals surface area contributed by atoms with Crippen LogP contribution < -0.4 is 0 Å². The smallest absolute Gasteiger partial charge is 0.432 e. The van der Waals surface area contributed by atoms with Gasteiger partial charge in [-0.3, -0.25) is 4.79 Å². The molecule has 2 atom stereocenters. The molecule has 0 N–H and O–H groups in total. The molecule has 1 unspecified atom stereocenters. The van der Waals surface area contributed by atoms with Gasteiger partial charge in [-0.2, -0.15) is 13.2 Å². The maximum Gasteiger partial charge on any atom is 0.432 e. The number of alkyl halides is 3. The largest absolute Gasteiger partial charge is 0.451 e. The molecule has 0 aliphatic heterocycles. The van der Waals surface area contributed by atoms with Gasteiger partial charge in [0.2, 0.25) is 0 Å². The number of halogens is 3. The predicted octanol–water partition coefficient (Wildman–Crippen LogP) is 4.27. The topological polar surface area (TPSA) is 52.6 Å². The van der Waals surface area contributed by atoms with Crippen molar-refractivity contribution >= 4 is 11.8 Å². The molecule has 1 aromatic rings. The molecule has 0 saturated heterocycles. The van der Waals surface area contributed by atoms with Crippen molar-refractivity contribution in [3.63, 3.8) is 0 Å². The van der Waals surface area contributed by atoms with Crippen molar-refractivity contribution in [3.8, 4) is 0 Å². The Hall–Kier alpha value is -1.89. The summed E-state index contributed by atoms with van der Waals surface area (Å²) in [5, 5.41) is 0. The third kappa shape index (κ3) is 4.63. The van der Waals surface area contributed by atoms with Crippen LogP contribution in [0.4, 0.5) is 13.2 Å². The molecule has 1 rings (SSSR count). The van der Waals surface area contributed by atoms with Gasteiger partial charge in [-0.1, -0.05) is 58.0 Å². The molecule has 0 fully saturated rings. The second kappa shape index (κ2) is 8.66. The molecule has 1 aromatic carbocycles. The van der Waals surface area contributed by atoms with E-state index in [2.05, 4.69) is 4.74 Å². The lowest BCUT2D eigenvalue weighted by molar-refractivity contribution is -0.278. The van der Waals surface area contributed by atoms with Gasteiger partial charge in [0.05, 0.1) is 0 Å². The van der Waals surface area contributed by atoms with Crippen LogP contribution in [0.25, 0.3) is 0 Å². The summed E-state index contributed by atoms with van der Waals surface area (Å²) in [5.74, 6) is -2.53. The molecule has 0 saturated carbocycles. The average Bonchev–Trinajstić information content (AvgIpc) is 2.52. The number of esters is 1. The minimum Gasteiger partial charge on any atom is -0.451 e. The van der Waals surface area contributed by atoms with Crippen LogP contribution in [0.2, 0.25) is 0 Å². The maximum absolute atomic E-state index is 13.9. The summed E-state index contributed by atoms with van der Waals surface area (Å²) in [6.45, 7) is 6.83. The van der Waals surface area contributed by atoms with E-state index < -0.39 is 41.1 Å². The first-order valence-electron chi connectivity index (χ1n) is 8.38. The summed E-state index contributed by atoms with van der Waals surface area (Å²) in [7, 11) is 0.794. The predicted molar refractivity (Wildman–Crippen MR) is 90.4 cm³/mol. The molecule has 0 aromatic heterocycles. The molecule has 0 aliphatic carbocycles. The van der Waals surface area contributed by atoms with Crippen LogP contribution in [0, 0.1) is 11.8 Å². The van der Waals surface area contributed by atoms with Crippen molar-refractivity contribution in [3.05, 3.63) is 35.9 Å². The number of carbonyl (C=O) groups is 2. The van der Waals surface area contributed by atoms with E-state index in [1.807, 2.05) is 0 Å². The molecular formula is C19H25F3O4. The summed E-state index contributed by atoms with van der Waals surface area (Å²) >= 11 is 0. The zero-order valence-corrected chi connectivity index (χ0v) is 15.6. The number of Topliss-reactive ketones (excluding diaryl/α,β-unsaturated/α-hetero) is 1. The molecule has 0 bridgehead atoms. The summed E-state index contributed by atoms with van der Waals surface area (Å²) in [6, 6.07) is 6.53. The maximum atomic E-state index is 13.9. The molecule has 0 amide bonds. The molecule has 0 spiro atoms. The number of ether oxygens (including phenoxy) is 2.